The first-order valence-corrected chi connectivity index (χ1v) is 6.78. The number of carbonyl (C=O) groups excluding carboxylic acids is 1. The van der Waals surface area contributed by atoms with Crippen molar-refractivity contribution in [3.8, 4) is 11.4 Å². The third-order valence-corrected chi connectivity index (χ3v) is 3.45. The van der Waals surface area contributed by atoms with Crippen molar-refractivity contribution in [2.24, 2.45) is 5.92 Å². The van der Waals surface area contributed by atoms with Crippen molar-refractivity contribution in [3.63, 3.8) is 0 Å². The predicted octanol–water partition coefficient (Wildman–Crippen LogP) is 2.41. The van der Waals surface area contributed by atoms with Crippen LogP contribution in [-0.2, 0) is 11.3 Å². The normalized spacial score (nSPS) is 14.3. The lowest BCUT2D eigenvalue weighted by atomic mass is 10.1. The second-order valence-corrected chi connectivity index (χ2v) is 5.35. The maximum absolute atomic E-state index is 11.9. The van der Waals surface area contributed by atoms with E-state index in [2.05, 4.69) is 10.1 Å². The molecule has 1 heterocycles. The van der Waals surface area contributed by atoms with Gasteiger partial charge in [-0.25, -0.2) is 0 Å². The number of benzene rings is 1. The Hall–Kier alpha value is -2.17. The molecule has 5 nitrogen and oxygen atoms in total. The van der Waals surface area contributed by atoms with Gasteiger partial charge in [0.1, 0.15) is 0 Å². The topological polar surface area (TPSA) is 59.2 Å². The molecule has 1 amide bonds. The largest absolute Gasteiger partial charge is 0.337 e. The van der Waals surface area contributed by atoms with Gasteiger partial charge >= 0.3 is 0 Å². The Morgan fingerprint density at radius 3 is 2.70 bits per heavy atom. The molecule has 0 bridgehead atoms. The van der Waals surface area contributed by atoms with Gasteiger partial charge in [0.2, 0.25) is 17.6 Å². The zero-order chi connectivity index (χ0) is 14.1. The minimum absolute atomic E-state index is 0.167. The molecule has 0 atom stereocenters. The number of carbonyl (C=O) groups is 1. The molecule has 1 aromatic carbocycles. The lowest BCUT2D eigenvalue weighted by Gasteiger charge is -2.13. The van der Waals surface area contributed by atoms with Crippen molar-refractivity contribution in [3.05, 3.63) is 35.7 Å². The van der Waals surface area contributed by atoms with E-state index < -0.39 is 0 Å². The number of aryl methyl sites for hydroxylation is 1. The van der Waals surface area contributed by atoms with Crippen LogP contribution < -0.4 is 0 Å². The summed E-state index contributed by atoms with van der Waals surface area (Å²) in [5, 5.41) is 3.96. The number of hydrogen-bond donors (Lipinski definition) is 0. The molecule has 0 radical (unpaired) electrons. The van der Waals surface area contributed by atoms with Gasteiger partial charge in [0.05, 0.1) is 6.54 Å². The summed E-state index contributed by atoms with van der Waals surface area (Å²) in [5.41, 5.74) is 2.11. The summed E-state index contributed by atoms with van der Waals surface area (Å²) in [7, 11) is 1.77. The van der Waals surface area contributed by atoms with Crippen LogP contribution in [0, 0.1) is 12.8 Å². The molecule has 3 rings (SSSR count). The molecule has 0 aliphatic heterocycles. The van der Waals surface area contributed by atoms with E-state index in [-0.39, 0.29) is 11.8 Å². The van der Waals surface area contributed by atoms with Crippen molar-refractivity contribution >= 4 is 5.91 Å². The van der Waals surface area contributed by atoms with Gasteiger partial charge in [0.15, 0.2) is 0 Å². The zero-order valence-electron chi connectivity index (χ0n) is 11.7. The van der Waals surface area contributed by atoms with Gasteiger partial charge in [-0.2, -0.15) is 4.98 Å². The Morgan fingerprint density at radius 1 is 1.35 bits per heavy atom. The summed E-state index contributed by atoms with van der Waals surface area (Å²) in [6.45, 7) is 2.40. The highest BCUT2D eigenvalue weighted by atomic mass is 16.5. The second kappa shape index (κ2) is 5.07. The summed E-state index contributed by atoms with van der Waals surface area (Å²) in [5.74, 6) is 1.41. The molecule has 20 heavy (non-hydrogen) atoms. The fourth-order valence-electron chi connectivity index (χ4n) is 2.06. The van der Waals surface area contributed by atoms with E-state index in [0.29, 0.717) is 18.3 Å². The minimum Gasteiger partial charge on any atom is -0.337 e. The van der Waals surface area contributed by atoms with Crippen LogP contribution >= 0.6 is 0 Å². The highest BCUT2D eigenvalue weighted by Gasteiger charge is 2.32. The van der Waals surface area contributed by atoms with Gasteiger partial charge in [-0.05, 0) is 19.8 Å². The highest BCUT2D eigenvalue weighted by molar-refractivity contribution is 5.80. The first-order valence-electron chi connectivity index (χ1n) is 6.78. The molecule has 1 aromatic heterocycles. The van der Waals surface area contributed by atoms with E-state index in [9.17, 15) is 4.79 Å². The van der Waals surface area contributed by atoms with Gasteiger partial charge in [-0.15, -0.1) is 0 Å². The van der Waals surface area contributed by atoms with Crippen molar-refractivity contribution < 1.29 is 9.32 Å². The van der Waals surface area contributed by atoms with Gasteiger partial charge in [-0.3, -0.25) is 4.79 Å². The SMILES string of the molecule is Cc1ccc(-c2noc(CN(C)C(=O)C3CC3)n2)cc1. The molecule has 1 aliphatic carbocycles. The summed E-state index contributed by atoms with van der Waals surface area (Å²) in [6.07, 6.45) is 2.00. The molecule has 1 fully saturated rings. The summed E-state index contributed by atoms with van der Waals surface area (Å²) < 4.78 is 5.22. The molecule has 0 unspecified atom stereocenters. The first kappa shape index (κ1) is 12.8. The van der Waals surface area contributed by atoms with E-state index in [0.717, 1.165) is 18.4 Å². The number of rotatable bonds is 4. The van der Waals surface area contributed by atoms with Crippen LogP contribution in [-0.4, -0.2) is 28.0 Å². The quantitative estimate of drug-likeness (QED) is 0.856. The molecule has 1 aliphatic rings. The third-order valence-electron chi connectivity index (χ3n) is 3.45. The Bertz CT molecular complexity index is 614. The molecule has 1 saturated carbocycles. The van der Waals surface area contributed by atoms with Gasteiger partial charge < -0.3 is 9.42 Å². The van der Waals surface area contributed by atoms with Crippen molar-refractivity contribution in [1.29, 1.82) is 0 Å². The minimum atomic E-state index is 0.167. The average Bonchev–Trinajstić information content (AvgIpc) is 3.19. The maximum atomic E-state index is 11.9. The maximum Gasteiger partial charge on any atom is 0.246 e. The van der Waals surface area contributed by atoms with E-state index in [1.807, 2.05) is 31.2 Å². The van der Waals surface area contributed by atoms with Crippen LogP contribution in [0.25, 0.3) is 11.4 Å². The first-order chi connectivity index (χ1) is 9.63. The highest BCUT2D eigenvalue weighted by Crippen LogP contribution is 2.31. The van der Waals surface area contributed by atoms with Gasteiger partial charge in [0.25, 0.3) is 0 Å². The lowest BCUT2D eigenvalue weighted by molar-refractivity contribution is -0.132. The van der Waals surface area contributed by atoms with Crippen LogP contribution in [0.2, 0.25) is 0 Å². The molecule has 104 valence electrons. The Balaban J connectivity index is 1.70. The van der Waals surface area contributed by atoms with Crippen LogP contribution in [0.5, 0.6) is 0 Å². The van der Waals surface area contributed by atoms with Crippen molar-refractivity contribution in [2.75, 3.05) is 7.05 Å². The molecular weight excluding hydrogens is 254 g/mol. The van der Waals surface area contributed by atoms with E-state index in [4.69, 9.17) is 4.52 Å². The summed E-state index contributed by atoms with van der Waals surface area (Å²) in [4.78, 5) is 17.9. The third kappa shape index (κ3) is 2.71. The number of amides is 1. The smallest absolute Gasteiger partial charge is 0.246 e. The molecule has 5 heteroatoms. The monoisotopic (exact) mass is 271 g/mol. The average molecular weight is 271 g/mol. The predicted molar refractivity (Wildman–Crippen MR) is 73.7 cm³/mol. The van der Waals surface area contributed by atoms with Gasteiger partial charge in [-0.1, -0.05) is 35.0 Å². The van der Waals surface area contributed by atoms with Crippen LogP contribution in [0.1, 0.15) is 24.3 Å². The van der Waals surface area contributed by atoms with E-state index >= 15 is 0 Å². The van der Waals surface area contributed by atoms with E-state index in [1.165, 1.54) is 5.56 Å². The summed E-state index contributed by atoms with van der Waals surface area (Å²) in [6, 6.07) is 7.94. The van der Waals surface area contributed by atoms with Crippen molar-refractivity contribution in [1.82, 2.24) is 15.0 Å². The lowest BCUT2D eigenvalue weighted by Crippen LogP contribution is -2.27. The molecule has 2 aromatic rings. The van der Waals surface area contributed by atoms with Crippen LogP contribution in [0.3, 0.4) is 0 Å². The van der Waals surface area contributed by atoms with Gasteiger partial charge in [0, 0.05) is 18.5 Å². The Morgan fingerprint density at radius 2 is 2.05 bits per heavy atom. The fraction of sp³-hybridized carbons (Fsp3) is 0.400. The number of aromatic nitrogens is 2. The molecule has 0 saturated heterocycles. The Labute approximate surface area is 117 Å². The standard InChI is InChI=1S/C15H17N3O2/c1-10-3-5-11(6-4-10)14-16-13(20-17-14)9-18(2)15(19)12-7-8-12/h3-6,12H,7-9H2,1-2H3. The van der Waals surface area contributed by atoms with E-state index in [1.54, 1.807) is 11.9 Å². The second-order valence-electron chi connectivity index (χ2n) is 5.35. The van der Waals surface area contributed by atoms with Crippen LogP contribution in [0.15, 0.2) is 28.8 Å². The molecular formula is C15H17N3O2. The Kier molecular flexibility index (Phi) is 3.26. The van der Waals surface area contributed by atoms with Crippen LogP contribution in [0.4, 0.5) is 0 Å². The number of hydrogen-bond acceptors (Lipinski definition) is 4. The number of nitrogens with zero attached hydrogens (tertiary/aromatic N) is 3. The molecule has 0 spiro atoms. The summed E-state index contributed by atoms with van der Waals surface area (Å²) >= 11 is 0. The fourth-order valence-corrected chi connectivity index (χ4v) is 2.06. The molecule has 0 N–H and O–H groups in total. The zero-order valence-corrected chi connectivity index (χ0v) is 11.7. The van der Waals surface area contributed by atoms with Crippen molar-refractivity contribution in [2.45, 2.75) is 26.3 Å².